The van der Waals surface area contributed by atoms with Crippen LogP contribution in [0.25, 0.3) is 6.08 Å². The van der Waals surface area contributed by atoms with Crippen molar-refractivity contribution in [3.05, 3.63) is 40.9 Å². The van der Waals surface area contributed by atoms with E-state index in [1.807, 2.05) is 0 Å². The van der Waals surface area contributed by atoms with E-state index in [9.17, 15) is 0 Å². The predicted molar refractivity (Wildman–Crippen MR) is 93.7 cm³/mol. The van der Waals surface area contributed by atoms with Gasteiger partial charge in [0.25, 0.3) is 0 Å². The molecule has 1 aromatic rings. The Hall–Kier alpha value is -0.705. The van der Waals surface area contributed by atoms with Crippen molar-refractivity contribution in [1.82, 2.24) is 0 Å². The molecule has 1 aromatic carbocycles. The van der Waals surface area contributed by atoms with Crippen LogP contribution in [-0.4, -0.2) is 24.1 Å². The molecule has 0 radical (unpaired) electrons. The average molecular weight is 304 g/mol. The molecule has 0 aliphatic carbocycles. The Morgan fingerprint density at radius 2 is 1.62 bits per heavy atom. The molecule has 4 heteroatoms. The van der Waals surface area contributed by atoms with Crippen LogP contribution in [0.2, 0.25) is 0 Å². The molecule has 1 aliphatic heterocycles. The first kappa shape index (κ1) is 16.7. The summed E-state index contributed by atoms with van der Waals surface area (Å²) in [6, 6.07) is 8.58. The van der Waals surface area contributed by atoms with Gasteiger partial charge < -0.3 is 9.31 Å². The lowest BCUT2D eigenvalue weighted by atomic mass is 9.78. The zero-order valence-electron chi connectivity index (χ0n) is 13.6. The van der Waals surface area contributed by atoms with Crippen molar-refractivity contribution in [2.24, 2.45) is 0 Å². The molecule has 0 amide bonds. The van der Waals surface area contributed by atoms with Crippen molar-refractivity contribution in [2.45, 2.75) is 52.2 Å². The van der Waals surface area contributed by atoms with E-state index in [1.165, 1.54) is 5.56 Å². The minimum Gasteiger partial charge on any atom is -0.400 e. The zero-order chi connectivity index (χ0) is 15.7. The van der Waals surface area contributed by atoms with E-state index in [-0.39, 0.29) is 18.3 Å². The number of hydrogen-bond donors (Lipinski definition) is 1. The van der Waals surface area contributed by atoms with Crippen LogP contribution in [0.4, 0.5) is 0 Å². The highest BCUT2D eigenvalue weighted by Gasteiger charge is 2.52. The third-order valence-corrected chi connectivity index (χ3v) is 4.84. The average Bonchev–Trinajstić information content (AvgIpc) is 2.65. The van der Waals surface area contributed by atoms with Gasteiger partial charge in [-0.3, -0.25) is 0 Å². The largest absolute Gasteiger partial charge is 0.491 e. The van der Waals surface area contributed by atoms with Crippen molar-refractivity contribution in [2.75, 3.05) is 5.75 Å². The van der Waals surface area contributed by atoms with Crippen LogP contribution in [0.1, 0.15) is 45.7 Å². The second-order valence-electron chi connectivity index (χ2n) is 6.56. The molecule has 0 spiro atoms. The predicted octanol–water partition coefficient (Wildman–Crippen LogP) is 4.19. The highest BCUT2D eigenvalue weighted by atomic mass is 32.1. The molecule has 2 nitrogen and oxygen atoms in total. The van der Waals surface area contributed by atoms with Gasteiger partial charge in [0.15, 0.2) is 0 Å². The molecule has 21 heavy (non-hydrogen) atoms. The lowest BCUT2D eigenvalue weighted by Crippen LogP contribution is -2.41. The van der Waals surface area contributed by atoms with Crippen molar-refractivity contribution in [1.29, 1.82) is 0 Å². The molecule has 0 saturated carbocycles. The van der Waals surface area contributed by atoms with Gasteiger partial charge in [0, 0.05) is 5.75 Å². The second kappa shape index (κ2) is 6.19. The van der Waals surface area contributed by atoms with Gasteiger partial charge in [0.2, 0.25) is 0 Å². The molecule has 0 bridgehead atoms. The minimum absolute atomic E-state index is 0.314. The fourth-order valence-electron chi connectivity index (χ4n) is 2.25. The molecule has 1 aliphatic rings. The van der Waals surface area contributed by atoms with E-state index in [1.54, 1.807) is 0 Å². The molecular weight excluding hydrogens is 279 g/mol. The number of benzene rings is 1. The van der Waals surface area contributed by atoms with Crippen LogP contribution in [0.15, 0.2) is 29.7 Å². The molecule has 0 atom stereocenters. The smallest absolute Gasteiger partial charge is 0.400 e. The van der Waals surface area contributed by atoms with Gasteiger partial charge in [-0.15, -0.1) is 0 Å². The summed E-state index contributed by atoms with van der Waals surface area (Å²) in [6.45, 7) is 10.4. The molecule has 1 saturated heterocycles. The lowest BCUT2D eigenvalue weighted by Gasteiger charge is -2.32. The normalized spacial score (nSPS) is 20.9. The lowest BCUT2D eigenvalue weighted by molar-refractivity contribution is 0.00578. The Kier molecular flexibility index (Phi) is 4.91. The highest BCUT2D eigenvalue weighted by molar-refractivity contribution is 7.80. The molecule has 1 heterocycles. The Labute approximate surface area is 134 Å². The number of hydrogen-bond acceptors (Lipinski definition) is 3. The fraction of sp³-hybridized carbons (Fsp3) is 0.529. The summed E-state index contributed by atoms with van der Waals surface area (Å²) in [4.78, 5) is 0. The molecule has 1 fully saturated rings. The van der Waals surface area contributed by atoms with E-state index in [0.29, 0.717) is 5.75 Å². The third-order valence-electron chi connectivity index (χ3n) is 4.48. The summed E-state index contributed by atoms with van der Waals surface area (Å²) in [5, 5.41) is 0. The van der Waals surface area contributed by atoms with Gasteiger partial charge in [-0.25, -0.2) is 0 Å². The summed E-state index contributed by atoms with van der Waals surface area (Å²) < 4.78 is 12.2. The van der Waals surface area contributed by atoms with Crippen LogP contribution in [0.5, 0.6) is 0 Å². The van der Waals surface area contributed by atoms with Crippen LogP contribution >= 0.6 is 12.6 Å². The maximum Gasteiger partial charge on any atom is 0.491 e. The molecular formula is C17H25BO2S. The Morgan fingerprint density at radius 3 is 2.05 bits per heavy atom. The first-order valence-corrected chi connectivity index (χ1v) is 8.18. The Bertz CT molecular complexity index is 504. The van der Waals surface area contributed by atoms with E-state index in [2.05, 4.69) is 77.6 Å². The summed E-state index contributed by atoms with van der Waals surface area (Å²) in [5.74, 6) is 0.617. The first-order chi connectivity index (χ1) is 9.79. The van der Waals surface area contributed by atoms with Crippen molar-refractivity contribution in [3.63, 3.8) is 0 Å². The minimum atomic E-state index is -0.321. The summed E-state index contributed by atoms with van der Waals surface area (Å²) in [7, 11) is -0.321. The summed E-state index contributed by atoms with van der Waals surface area (Å²) >= 11 is 4.44. The molecule has 114 valence electrons. The fourth-order valence-corrected chi connectivity index (χ4v) is 2.49. The van der Waals surface area contributed by atoms with Crippen LogP contribution in [-0.2, 0) is 15.7 Å². The third kappa shape index (κ3) is 3.55. The molecule has 0 aromatic heterocycles. The van der Waals surface area contributed by atoms with Gasteiger partial charge in [0.1, 0.15) is 0 Å². The van der Waals surface area contributed by atoms with E-state index >= 15 is 0 Å². The summed E-state index contributed by atoms with van der Waals surface area (Å²) in [6.07, 6.45) is 3.18. The second-order valence-corrected chi connectivity index (χ2v) is 6.88. The van der Waals surface area contributed by atoms with Crippen LogP contribution in [0.3, 0.4) is 0 Å². The molecule has 0 unspecified atom stereocenters. The van der Waals surface area contributed by atoms with Gasteiger partial charge in [-0.2, -0.15) is 12.6 Å². The van der Waals surface area contributed by atoms with Gasteiger partial charge >= 0.3 is 7.12 Å². The maximum absolute atomic E-state index is 6.09. The van der Waals surface area contributed by atoms with Gasteiger partial charge in [-0.1, -0.05) is 37.3 Å². The first-order valence-electron chi connectivity index (χ1n) is 7.55. The maximum atomic E-state index is 6.09. The van der Waals surface area contributed by atoms with Gasteiger partial charge in [0.05, 0.1) is 11.2 Å². The van der Waals surface area contributed by atoms with Crippen LogP contribution in [0, 0.1) is 0 Å². The summed E-state index contributed by atoms with van der Waals surface area (Å²) in [5.41, 5.74) is 2.93. The molecule has 2 rings (SSSR count). The highest BCUT2D eigenvalue weighted by Crippen LogP contribution is 2.38. The van der Waals surface area contributed by atoms with E-state index < -0.39 is 0 Å². The Morgan fingerprint density at radius 1 is 1.10 bits per heavy atom. The monoisotopic (exact) mass is 304 g/mol. The van der Waals surface area contributed by atoms with Crippen molar-refractivity contribution in [3.8, 4) is 0 Å². The van der Waals surface area contributed by atoms with E-state index in [4.69, 9.17) is 9.31 Å². The van der Waals surface area contributed by atoms with Crippen molar-refractivity contribution < 1.29 is 9.31 Å². The number of thiol groups is 1. The van der Waals surface area contributed by atoms with E-state index in [0.717, 1.165) is 17.5 Å². The SMILES string of the molecule is CCc1ccc(C=C(CS)B2OC(C)(C)C(C)(C)O2)cc1. The number of rotatable bonds is 4. The standard InChI is InChI=1S/C17H25BO2S/c1-6-13-7-9-14(10-8-13)11-15(12-21)18-19-16(2,3)17(4,5)20-18/h7-11,21H,6,12H2,1-5H3. The zero-order valence-corrected chi connectivity index (χ0v) is 14.5. The quantitative estimate of drug-likeness (QED) is 0.664. The van der Waals surface area contributed by atoms with Crippen LogP contribution < -0.4 is 0 Å². The molecule has 0 N–H and O–H groups in total. The van der Waals surface area contributed by atoms with Gasteiger partial charge in [-0.05, 0) is 50.7 Å². The topological polar surface area (TPSA) is 18.5 Å². The van der Waals surface area contributed by atoms with Crippen molar-refractivity contribution >= 4 is 25.8 Å². The Balaban J connectivity index is 2.22. The number of aryl methyl sites for hydroxylation is 1.